The predicted molar refractivity (Wildman–Crippen MR) is 113 cm³/mol. The normalized spacial score (nSPS) is 23.3. The summed E-state index contributed by atoms with van der Waals surface area (Å²) in [7, 11) is 0. The molecule has 0 N–H and O–H groups in total. The smallest absolute Gasteiger partial charge is 0.275 e. The molecule has 3 aliphatic rings. The Labute approximate surface area is 183 Å². The Kier molecular flexibility index (Phi) is 4.39. The van der Waals surface area contributed by atoms with Crippen molar-refractivity contribution in [2.45, 2.75) is 51.4 Å². The van der Waals surface area contributed by atoms with Gasteiger partial charge >= 0.3 is 0 Å². The highest BCUT2D eigenvalue weighted by Gasteiger charge is 2.41. The van der Waals surface area contributed by atoms with Gasteiger partial charge in [0.2, 0.25) is 0 Å². The molecule has 2 fully saturated rings. The van der Waals surface area contributed by atoms with Gasteiger partial charge in [-0.3, -0.25) is 18.7 Å². The summed E-state index contributed by atoms with van der Waals surface area (Å²) in [5, 5.41) is 6.57. The maximum Gasteiger partial charge on any atom is 0.275 e. The molecule has 3 aromatic rings. The van der Waals surface area contributed by atoms with Crippen LogP contribution in [0.25, 0.3) is 4.96 Å². The van der Waals surface area contributed by atoms with Crippen molar-refractivity contribution in [3.8, 4) is 0 Å². The van der Waals surface area contributed by atoms with Gasteiger partial charge in [-0.25, -0.2) is 4.98 Å². The second-order valence-corrected chi connectivity index (χ2v) is 9.43. The largest absolute Gasteiger partial charge is 0.377 e. The Morgan fingerprint density at radius 1 is 1.16 bits per heavy atom. The lowest BCUT2D eigenvalue weighted by Gasteiger charge is -2.34. The molecule has 6 rings (SSSR count). The van der Waals surface area contributed by atoms with E-state index in [-0.39, 0.29) is 23.9 Å². The highest BCUT2D eigenvalue weighted by atomic mass is 32.1. The zero-order valence-corrected chi connectivity index (χ0v) is 18.2. The third-order valence-corrected chi connectivity index (χ3v) is 7.39. The van der Waals surface area contributed by atoms with E-state index in [0.29, 0.717) is 44.2 Å². The number of aromatic nitrogens is 4. The van der Waals surface area contributed by atoms with Crippen LogP contribution in [-0.4, -0.2) is 72.6 Å². The summed E-state index contributed by atoms with van der Waals surface area (Å²) in [6.45, 7) is 4.88. The van der Waals surface area contributed by atoms with E-state index >= 15 is 0 Å². The first kappa shape index (κ1) is 19.0. The van der Waals surface area contributed by atoms with Crippen LogP contribution in [0.5, 0.6) is 0 Å². The summed E-state index contributed by atoms with van der Waals surface area (Å²) in [4.78, 5) is 35.8. The van der Waals surface area contributed by atoms with Gasteiger partial charge in [-0.15, -0.1) is 11.3 Å². The fraction of sp³-hybridized carbons (Fsp3) is 0.524. The van der Waals surface area contributed by atoms with Crippen molar-refractivity contribution in [3.05, 3.63) is 40.4 Å². The highest BCUT2D eigenvalue weighted by molar-refractivity contribution is 7.15. The van der Waals surface area contributed by atoms with Gasteiger partial charge in [-0.05, 0) is 32.3 Å². The molecule has 2 amide bonds. The van der Waals surface area contributed by atoms with Crippen molar-refractivity contribution in [3.63, 3.8) is 0 Å². The first-order valence-electron chi connectivity index (χ1n) is 10.8. The summed E-state index contributed by atoms with van der Waals surface area (Å²) in [5.41, 5.74) is 2.74. The molecule has 0 aromatic carbocycles. The first-order valence-corrected chi connectivity index (χ1v) is 11.7. The Hall–Kier alpha value is -2.72. The zero-order chi connectivity index (χ0) is 21.1. The number of carbonyl (C=O) groups excluding carboxylic acids is 2. The van der Waals surface area contributed by atoms with E-state index in [4.69, 9.17) is 4.74 Å². The molecule has 2 saturated heterocycles. The van der Waals surface area contributed by atoms with E-state index in [9.17, 15) is 9.59 Å². The molecule has 2 unspecified atom stereocenters. The van der Waals surface area contributed by atoms with Crippen LogP contribution in [0, 0.1) is 6.92 Å². The van der Waals surface area contributed by atoms with Crippen molar-refractivity contribution >= 4 is 28.1 Å². The molecule has 0 aliphatic carbocycles. The van der Waals surface area contributed by atoms with Crippen LogP contribution in [0.3, 0.4) is 0 Å². The van der Waals surface area contributed by atoms with Gasteiger partial charge in [0.1, 0.15) is 5.69 Å². The fourth-order valence-corrected chi connectivity index (χ4v) is 5.89. The van der Waals surface area contributed by atoms with Gasteiger partial charge < -0.3 is 14.5 Å². The number of rotatable bonds is 2. The highest BCUT2D eigenvalue weighted by Crippen LogP contribution is 2.30. The van der Waals surface area contributed by atoms with Gasteiger partial charge in [0.25, 0.3) is 11.8 Å². The molecule has 10 heteroatoms. The number of hydrogen-bond acceptors (Lipinski definition) is 6. The third kappa shape index (κ3) is 3.00. The van der Waals surface area contributed by atoms with E-state index in [1.807, 2.05) is 43.4 Å². The summed E-state index contributed by atoms with van der Waals surface area (Å²) < 4.78 is 9.37. The molecule has 9 nitrogen and oxygen atoms in total. The molecule has 2 bridgehead atoms. The summed E-state index contributed by atoms with van der Waals surface area (Å²) in [6, 6.07) is 2.18. The minimum atomic E-state index is -0.0304. The molecule has 3 aromatic heterocycles. The van der Waals surface area contributed by atoms with Crippen molar-refractivity contribution in [1.82, 2.24) is 29.0 Å². The molecule has 6 heterocycles. The molecule has 0 radical (unpaired) electrons. The Morgan fingerprint density at radius 3 is 2.77 bits per heavy atom. The van der Waals surface area contributed by atoms with Crippen LogP contribution in [0.1, 0.15) is 51.6 Å². The average molecular weight is 441 g/mol. The number of hydrogen-bond donors (Lipinski definition) is 0. The summed E-state index contributed by atoms with van der Waals surface area (Å²) >= 11 is 1.52. The Morgan fingerprint density at radius 2 is 1.97 bits per heavy atom. The van der Waals surface area contributed by atoms with Gasteiger partial charge in [0.05, 0.1) is 43.2 Å². The lowest BCUT2D eigenvalue weighted by atomic mass is 10.2. The number of nitrogens with zero attached hydrogens (tertiary/aromatic N) is 6. The predicted octanol–water partition coefficient (Wildman–Crippen LogP) is 1.95. The topological polar surface area (TPSA) is 85.0 Å². The summed E-state index contributed by atoms with van der Waals surface area (Å²) in [6.07, 6.45) is 4.67. The van der Waals surface area contributed by atoms with E-state index in [1.165, 1.54) is 11.3 Å². The molecule has 31 heavy (non-hydrogen) atoms. The molecular formula is C21H24N6O3S. The van der Waals surface area contributed by atoms with Gasteiger partial charge in [-0.2, -0.15) is 5.10 Å². The van der Waals surface area contributed by atoms with Crippen LogP contribution in [-0.2, 0) is 17.8 Å². The fourth-order valence-electron chi connectivity index (χ4n) is 5.13. The van der Waals surface area contributed by atoms with Gasteiger partial charge in [0.15, 0.2) is 10.7 Å². The van der Waals surface area contributed by atoms with Crippen LogP contribution in [0.4, 0.5) is 0 Å². The summed E-state index contributed by atoms with van der Waals surface area (Å²) in [5.74, 6) is -0.0435. The Balaban J connectivity index is 1.27. The van der Waals surface area contributed by atoms with E-state index in [2.05, 4.69) is 10.1 Å². The monoisotopic (exact) mass is 440 g/mol. The number of morpholine rings is 1. The minimum Gasteiger partial charge on any atom is -0.377 e. The second kappa shape index (κ2) is 7.16. The van der Waals surface area contributed by atoms with E-state index < -0.39 is 0 Å². The number of ether oxygens (including phenoxy) is 1. The van der Waals surface area contributed by atoms with Crippen molar-refractivity contribution in [2.24, 2.45) is 0 Å². The third-order valence-electron chi connectivity index (χ3n) is 6.63. The first-order chi connectivity index (χ1) is 15.1. The molecule has 0 spiro atoms. The number of thiazole rings is 1. The van der Waals surface area contributed by atoms with Crippen LogP contribution in [0.2, 0.25) is 0 Å². The maximum atomic E-state index is 13.4. The van der Waals surface area contributed by atoms with Crippen LogP contribution in [0.15, 0.2) is 17.6 Å². The zero-order valence-electron chi connectivity index (χ0n) is 17.4. The molecule has 3 aliphatic heterocycles. The van der Waals surface area contributed by atoms with E-state index in [0.717, 1.165) is 35.6 Å². The van der Waals surface area contributed by atoms with Crippen molar-refractivity contribution in [1.29, 1.82) is 0 Å². The van der Waals surface area contributed by atoms with Crippen molar-refractivity contribution < 1.29 is 14.3 Å². The number of fused-ring (bicyclic) bond motifs is 4. The lowest BCUT2D eigenvalue weighted by molar-refractivity contribution is -0.00750. The molecule has 0 saturated carbocycles. The standard InChI is InChI=1S/C21H24N6O3S/c1-13-18(25-7-8-31-21(25)22-13)20(29)24-5-2-6-26-16(10-24)9-17(23-26)19(28)27-14-3-4-15(27)12-30-11-14/h7-9,14-15H,2-6,10-12H2,1H3. The lowest BCUT2D eigenvalue weighted by Crippen LogP contribution is -2.49. The Bertz CT molecular complexity index is 1160. The maximum absolute atomic E-state index is 13.4. The number of aryl methyl sites for hydroxylation is 2. The molecular weight excluding hydrogens is 416 g/mol. The number of carbonyl (C=O) groups is 2. The van der Waals surface area contributed by atoms with Gasteiger partial charge in [0, 0.05) is 24.7 Å². The van der Waals surface area contributed by atoms with Crippen molar-refractivity contribution in [2.75, 3.05) is 19.8 Å². The number of amides is 2. The second-order valence-electron chi connectivity index (χ2n) is 8.56. The quantitative estimate of drug-likeness (QED) is 0.608. The van der Waals surface area contributed by atoms with Gasteiger partial charge in [-0.1, -0.05) is 0 Å². The molecule has 2 atom stereocenters. The number of imidazole rings is 1. The SMILES string of the molecule is Cc1nc2sccn2c1C(=O)N1CCCn2nc(C(=O)N3C4CCC3COC4)cc2C1. The average Bonchev–Trinajstić information content (AvgIpc) is 3.46. The van der Waals surface area contributed by atoms with Crippen LogP contribution >= 0.6 is 11.3 Å². The molecule has 162 valence electrons. The van der Waals surface area contributed by atoms with Crippen LogP contribution < -0.4 is 0 Å². The minimum absolute atomic E-state index is 0.0131. The van der Waals surface area contributed by atoms with E-state index in [1.54, 1.807) is 0 Å².